The number of aromatic nitrogens is 1. The van der Waals surface area contributed by atoms with Crippen molar-refractivity contribution in [3.05, 3.63) is 89.1 Å². The fraction of sp³-hybridized carbons (Fsp3) is 0.0952. The third kappa shape index (κ3) is 5.31. The van der Waals surface area contributed by atoms with E-state index in [1.807, 2.05) is 19.1 Å². The number of pyridine rings is 1. The number of hydrogen-bond donors (Lipinski definition) is 3. The van der Waals surface area contributed by atoms with Crippen LogP contribution in [-0.4, -0.2) is 16.9 Å². The van der Waals surface area contributed by atoms with Crippen molar-refractivity contribution in [1.29, 1.82) is 0 Å². The lowest BCUT2D eigenvalue weighted by molar-refractivity contribution is 0.102. The number of amides is 3. The summed E-state index contributed by atoms with van der Waals surface area (Å²) in [6.07, 6.45) is 1.60. The van der Waals surface area contributed by atoms with Gasteiger partial charge >= 0.3 is 6.03 Å². The highest BCUT2D eigenvalue weighted by molar-refractivity contribution is 6.30. The predicted molar refractivity (Wildman–Crippen MR) is 111 cm³/mol. The van der Waals surface area contributed by atoms with Crippen LogP contribution in [0.1, 0.15) is 28.9 Å². The van der Waals surface area contributed by atoms with Crippen molar-refractivity contribution < 1.29 is 9.59 Å². The SMILES string of the molecule is CC(NC(=O)Nc1cccc(C(=O)Nc2ccccn2)c1)c1cccc(Cl)c1. The summed E-state index contributed by atoms with van der Waals surface area (Å²) in [7, 11) is 0. The van der Waals surface area contributed by atoms with Crippen molar-refractivity contribution in [3.63, 3.8) is 0 Å². The molecule has 1 atom stereocenters. The molecule has 0 radical (unpaired) electrons. The van der Waals surface area contributed by atoms with Crippen molar-refractivity contribution in [2.75, 3.05) is 10.6 Å². The Kier molecular flexibility index (Phi) is 6.24. The Morgan fingerprint density at radius 1 is 0.964 bits per heavy atom. The maximum Gasteiger partial charge on any atom is 0.319 e. The number of nitrogens with zero attached hydrogens (tertiary/aromatic N) is 1. The topological polar surface area (TPSA) is 83.1 Å². The van der Waals surface area contributed by atoms with E-state index >= 15 is 0 Å². The molecule has 28 heavy (non-hydrogen) atoms. The lowest BCUT2D eigenvalue weighted by Crippen LogP contribution is -2.31. The molecule has 2 aromatic carbocycles. The zero-order chi connectivity index (χ0) is 19.9. The summed E-state index contributed by atoms with van der Waals surface area (Å²) < 4.78 is 0. The van der Waals surface area contributed by atoms with E-state index in [1.54, 1.807) is 60.8 Å². The number of carbonyl (C=O) groups excluding carboxylic acids is 2. The first-order valence-corrected chi connectivity index (χ1v) is 9.04. The first-order valence-electron chi connectivity index (χ1n) is 8.67. The van der Waals surface area contributed by atoms with Crippen molar-refractivity contribution in [2.24, 2.45) is 0 Å². The molecule has 0 aliphatic carbocycles. The zero-order valence-corrected chi connectivity index (χ0v) is 15.9. The van der Waals surface area contributed by atoms with Gasteiger partial charge in [-0.25, -0.2) is 9.78 Å². The highest BCUT2D eigenvalue weighted by atomic mass is 35.5. The minimum Gasteiger partial charge on any atom is -0.331 e. The van der Waals surface area contributed by atoms with Crippen molar-refractivity contribution in [2.45, 2.75) is 13.0 Å². The average molecular weight is 395 g/mol. The summed E-state index contributed by atoms with van der Waals surface area (Å²) in [4.78, 5) is 28.7. The van der Waals surface area contributed by atoms with Gasteiger partial charge in [0.15, 0.2) is 0 Å². The lowest BCUT2D eigenvalue weighted by atomic mass is 10.1. The van der Waals surface area contributed by atoms with E-state index in [0.717, 1.165) is 5.56 Å². The largest absolute Gasteiger partial charge is 0.331 e. The van der Waals surface area contributed by atoms with Crippen LogP contribution in [0.15, 0.2) is 72.9 Å². The van der Waals surface area contributed by atoms with Gasteiger partial charge in [-0.2, -0.15) is 0 Å². The second-order valence-corrected chi connectivity index (χ2v) is 6.56. The van der Waals surface area contributed by atoms with Gasteiger partial charge in [-0.3, -0.25) is 4.79 Å². The van der Waals surface area contributed by atoms with E-state index < -0.39 is 0 Å². The molecular weight excluding hydrogens is 376 g/mol. The van der Waals surface area contributed by atoms with Gasteiger partial charge in [-0.05, 0) is 55.0 Å². The summed E-state index contributed by atoms with van der Waals surface area (Å²) in [6.45, 7) is 1.86. The lowest BCUT2D eigenvalue weighted by Gasteiger charge is -2.15. The third-order valence-electron chi connectivity index (χ3n) is 3.99. The number of urea groups is 1. The number of hydrogen-bond acceptors (Lipinski definition) is 3. The summed E-state index contributed by atoms with van der Waals surface area (Å²) >= 11 is 5.99. The van der Waals surface area contributed by atoms with Crippen LogP contribution >= 0.6 is 11.6 Å². The smallest absolute Gasteiger partial charge is 0.319 e. The van der Waals surface area contributed by atoms with Crippen LogP contribution in [0, 0.1) is 0 Å². The summed E-state index contributed by atoms with van der Waals surface area (Å²) in [5.41, 5.74) is 1.81. The molecule has 1 heterocycles. The van der Waals surface area contributed by atoms with Gasteiger partial charge in [0.2, 0.25) is 0 Å². The molecule has 7 heteroatoms. The van der Waals surface area contributed by atoms with Crippen LogP contribution in [0.25, 0.3) is 0 Å². The molecule has 0 aliphatic rings. The molecule has 142 valence electrons. The number of anilines is 2. The Bertz CT molecular complexity index is 979. The van der Waals surface area contributed by atoms with Gasteiger partial charge in [0.25, 0.3) is 5.91 Å². The normalized spacial score (nSPS) is 11.4. The zero-order valence-electron chi connectivity index (χ0n) is 15.1. The molecule has 0 saturated carbocycles. The molecule has 1 unspecified atom stereocenters. The van der Waals surface area contributed by atoms with Crippen LogP contribution in [0.3, 0.4) is 0 Å². The molecular formula is C21H19ClN4O2. The van der Waals surface area contributed by atoms with E-state index in [0.29, 0.717) is 22.1 Å². The number of benzene rings is 2. The van der Waals surface area contributed by atoms with Crippen molar-refractivity contribution in [3.8, 4) is 0 Å². The predicted octanol–water partition coefficient (Wildman–Crippen LogP) is 4.87. The van der Waals surface area contributed by atoms with Crippen molar-refractivity contribution in [1.82, 2.24) is 10.3 Å². The quantitative estimate of drug-likeness (QED) is 0.577. The molecule has 0 saturated heterocycles. The molecule has 3 aromatic rings. The van der Waals surface area contributed by atoms with Crippen LogP contribution < -0.4 is 16.0 Å². The first-order chi connectivity index (χ1) is 13.5. The molecule has 1 aromatic heterocycles. The molecule has 0 fully saturated rings. The van der Waals surface area contributed by atoms with E-state index in [4.69, 9.17) is 11.6 Å². The van der Waals surface area contributed by atoms with Gasteiger partial charge < -0.3 is 16.0 Å². The average Bonchev–Trinajstić information content (AvgIpc) is 2.69. The van der Waals surface area contributed by atoms with Crippen LogP contribution in [-0.2, 0) is 0 Å². The van der Waals surface area contributed by atoms with E-state index in [-0.39, 0.29) is 18.0 Å². The third-order valence-corrected chi connectivity index (χ3v) is 4.22. The maximum absolute atomic E-state index is 12.4. The van der Waals surface area contributed by atoms with Gasteiger partial charge in [-0.15, -0.1) is 0 Å². The van der Waals surface area contributed by atoms with Gasteiger partial charge in [0.1, 0.15) is 5.82 Å². The molecule has 3 rings (SSSR count). The molecule has 6 nitrogen and oxygen atoms in total. The summed E-state index contributed by atoms with van der Waals surface area (Å²) in [6, 6.07) is 18.6. The Labute approximate surface area is 168 Å². The van der Waals surface area contributed by atoms with Crippen LogP contribution in [0.5, 0.6) is 0 Å². The second kappa shape index (κ2) is 9.01. The van der Waals surface area contributed by atoms with E-state index in [1.165, 1.54) is 0 Å². The van der Waals surface area contributed by atoms with Crippen LogP contribution in [0.2, 0.25) is 5.02 Å². The number of carbonyl (C=O) groups is 2. The van der Waals surface area contributed by atoms with E-state index in [9.17, 15) is 9.59 Å². The Morgan fingerprint density at radius 2 is 1.79 bits per heavy atom. The maximum atomic E-state index is 12.4. The molecule has 0 spiro atoms. The van der Waals surface area contributed by atoms with Crippen molar-refractivity contribution >= 4 is 35.0 Å². The highest BCUT2D eigenvalue weighted by Gasteiger charge is 2.12. The number of nitrogens with one attached hydrogen (secondary N) is 3. The molecule has 0 aliphatic heterocycles. The van der Waals surface area contributed by atoms with Gasteiger partial charge in [0.05, 0.1) is 6.04 Å². The Balaban J connectivity index is 1.62. The summed E-state index contributed by atoms with van der Waals surface area (Å²) in [5, 5.41) is 8.90. The molecule has 3 amide bonds. The fourth-order valence-electron chi connectivity index (χ4n) is 2.59. The fourth-order valence-corrected chi connectivity index (χ4v) is 2.79. The molecule has 3 N–H and O–H groups in total. The Hall–Kier alpha value is -3.38. The first kappa shape index (κ1) is 19.4. The number of rotatable bonds is 5. The molecule has 0 bridgehead atoms. The highest BCUT2D eigenvalue weighted by Crippen LogP contribution is 2.18. The van der Waals surface area contributed by atoms with E-state index in [2.05, 4.69) is 20.9 Å². The Morgan fingerprint density at radius 3 is 2.54 bits per heavy atom. The second-order valence-electron chi connectivity index (χ2n) is 6.13. The van der Waals surface area contributed by atoms with Gasteiger partial charge in [0, 0.05) is 22.5 Å². The standard InChI is InChI=1S/C21H19ClN4O2/c1-14(15-6-4-8-17(22)12-15)24-21(28)25-18-9-5-7-16(13-18)20(27)26-19-10-2-3-11-23-19/h2-14H,1H3,(H,23,26,27)(H2,24,25,28). The van der Waals surface area contributed by atoms with Crippen LogP contribution in [0.4, 0.5) is 16.3 Å². The minimum atomic E-state index is -0.380. The number of halogens is 1. The van der Waals surface area contributed by atoms with Gasteiger partial charge in [-0.1, -0.05) is 35.9 Å². The monoisotopic (exact) mass is 394 g/mol. The summed E-state index contributed by atoms with van der Waals surface area (Å²) in [5.74, 6) is 0.147. The minimum absolute atomic E-state index is 0.227.